The Morgan fingerprint density at radius 1 is 1.22 bits per heavy atom. The highest BCUT2D eigenvalue weighted by molar-refractivity contribution is 5.75. The number of carbonyl (C=O) groups is 1. The Labute approximate surface area is 110 Å². The lowest BCUT2D eigenvalue weighted by Crippen LogP contribution is -2.32. The molecule has 0 aliphatic heterocycles. The van der Waals surface area contributed by atoms with Crippen LogP contribution in [0.15, 0.2) is 24.3 Å². The van der Waals surface area contributed by atoms with Crippen LogP contribution in [0.25, 0.3) is 0 Å². The van der Waals surface area contributed by atoms with Crippen LogP contribution in [0.5, 0.6) is 0 Å². The van der Waals surface area contributed by atoms with Crippen LogP contribution in [0.2, 0.25) is 0 Å². The topological polar surface area (TPSA) is 46.3 Å². The van der Waals surface area contributed by atoms with E-state index in [0.717, 1.165) is 19.4 Å². The number of hydrogen-bond donors (Lipinski definition) is 1. The van der Waals surface area contributed by atoms with Gasteiger partial charge in [-0.15, -0.1) is 0 Å². The second kappa shape index (κ2) is 7.17. The molecule has 0 atom stereocenters. The molecule has 0 bridgehead atoms. The van der Waals surface area contributed by atoms with Gasteiger partial charge in [-0.3, -0.25) is 9.69 Å². The lowest BCUT2D eigenvalue weighted by atomic mass is 10.0. The Kier molecular flexibility index (Phi) is 5.86. The number of benzene rings is 1. The Balaban J connectivity index is 2.41. The van der Waals surface area contributed by atoms with Crippen molar-refractivity contribution in [3.8, 4) is 0 Å². The Bertz CT molecular complexity index is 371. The molecule has 0 aliphatic carbocycles. The van der Waals surface area contributed by atoms with Crippen LogP contribution in [0.3, 0.4) is 0 Å². The summed E-state index contributed by atoms with van der Waals surface area (Å²) in [6.07, 6.45) is 2.08. The van der Waals surface area contributed by atoms with Gasteiger partial charge < -0.3 is 5.73 Å². The number of likely N-dealkylation sites (N-methyl/N-ethyl adjacent to an activating group) is 1. The molecule has 0 aliphatic rings. The zero-order valence-corrected chi connectivity index (χ0v) is 11.6. The average Bonchev–Trinajstić information content (AvgIpc) is 2.26. The summed E-state index contributed by atoms with van der Waals surface area (Å²) in [6, 6.07) is 8.75. The second-order valence-corrected chi connectivity index (χ2v) is 5.37. The fourth-order valence-electron chi connectivity index (χ4n) is 1.98. The maximum atomic E-state index is 10.7. The van der Waals surface area contributed by atoms with Crippen molar-refractivity contribution in [1.82, 2.24) is 4.90 Å². The molecule has 0 fully saturated rings. The fraction of sp³-hybridized carbons (Fsp3) is 0.533. The van der Waals surface area contributed by atoms with Gasteiger partial charge in [0.2, 0.25) is 5.91 Å². The molecule has 3 nitrogen and oxygen atoms in total. The van der Waals surface area contributed by atoms with Crippen LogP contribution >= 0.6 is 0 Å². The number of nitrogens with two attached hydrogens (primary N) is 1. The number of amides is 1. The molecule has 1 aromatic carbocycles. The van der Waals surface area contributed by atoms with Crippen molar-refractivity contribution in [2.45, 2.75) is 26.7 Å². The summed E-state index contributed by atoms with van der Waals surface area (Å²) >= 11 is 0. The van der Waals surface area contributed by atoms with Gasteiger partial charge >= 0.3 is 0 Å². The van der Waals surface area contributed by atoms with Gasteiger partial charge in [0, 0.05) is 6.54 Å². The first-order valence-corrected chi connectivity index (χ1v) is 6.52. The van der Waals surface area contributed by atoms with Crippen LogP contribution in [0, 0.1) is 5.92 Å². The van der Waals surface area contributed by atoms with Crippen LogP contribution < -0.4 is 5.73 Å². The van der Waals surface area contributed by atoms with Crippen molar-refractivity contribution >= 4 is 5.91 Å². The molecule has 100 valence electrons. The summed E-state index contributed by atoms with van der Waals surface area (Å²) in [5.74, 6) is 0.419. The third-order valence-electron chi connectivity index (χ3n) is 2.87. The average molecular weight is 248 g/mol. The van der Waals surface area contributed by atoms with E-state index in [1.807, 2.05) is 11.9 Å². The van der Waals surface area contributed by atoms with Gasteiger partial charge in [-0.05, 0) is 36.9 Å². The SMILES string of the molecule is CC(C)Cc1ccc(CCN(C)CC(N)=O)cc1. The predicted molar refractivity (Wildman–Crippen MR) is 75.4 cm³/mol. The highest BCUT2D eigenvalue weighted by atomic mass is 16.1. The molecule has 1 rings (SSSR count). The minimum atomic E-state index is -0.273. The maximum Gasteiger partial charge on any atom is 0.231 e. The summed E-state index contributed by atoms with van der Waals surface area (Å²) in [6.45, 7) is 5.64. The minimum absolute atomic E-state index is 0.273. The number of hydrogen-bond acceptors (Lipinski definition) is 2. The Morgan fingerprint density at radius 2 is 1.78 bits per heavy atom. The largest absolute Gasteiger partial charge is 0.369 e. The summed E-state index contributed by atoms with van der Waals surface area (Å²) < 4.78 is 0. The molecule has 1 amide bonds. The lowest BCUT2D eigenvalue weighted by Gasteiger charge is -2.14. The molecule has 0 saturated carbocycles. The molecule has 3 heteroatoms. The van der Waals surface area contributed by atoms with Crippen molar-refractivity contribution in [3.05, 3.63) is 35.4 Å². The molecule has 0 aromatic heterocycles. The molecule has 0 heterocycles. The van der Waals surface area contributed by atoms with E-state index in [4.69, 9.17) is 5.73 Å². The van der Waals surface area contributed by atoms with Gasteiger partial charge in [-0.25, -0.2) is 0 Å². The fourth-order valence-corrected chi connectivity index (χ4v) is 1.98. The highest BCUT2D eigenvalue weighted by Gasteiger charge is 2.03. The number of nitrogens with zero attached hydrogens (tertiary/aromatic N) is 1. The lowest BCUT2D eigenvalue weighted by molar-refractivity contribution is -0.118. The summed E-state index contributed by atoms with van der Waals surface area (Å²) in [7, 11) is 1.91. The van der Waals surface area contributed by atoms with Crippen molar-refractivity contribution in [1.29, 1.82) is 0 Å². The van der Waals surface area contributed by atoms with E-state index in [0.29, 0.717) is 12.5 Å². The predicted octanol–water partition coefficient (Wildman–Crippen LogP) is 1.84. The number of primary amides is 1. The molecule has 2 N–H and O–H groups in total. The van der Waals surface area contributed by atoms with Gasteiger partial charge in [0.25, 0.3) is 0 Å². The molecule has 18 heavy (non-hydrogen) atoms. The van der Waals surface area contributed by atoms with E-state index >= 15 is 0 Å². The monoisotopic (exact) mass is 248 g/mol. The van der Waals surface area contributed by atoms with Gasteiger partial charge in [0.15, 0.2) is 0 Å². The van der Waals surface area contributed by atoms with Crippen molar-refractivity contribution < 1.29 is 4.79 Å². The van der Waals surface area contributed by atoms with Crippen LogP contribution in [-0.2, 0) is 17.6 Å². The van der Waals surface area contributed by atoms with E-state index in [1.165, 1.54) is 11.1 Å². The summed E-state index contributed by atoms with van der Waals surface area (Å²) in [4.78, 5) is 12.7. The summed E-state index contributed by atoms with van der Waals surface area (Å²) in [5.41, 5.74) is 7.84. The quantitative estimate of drug-likeness (QED) is 0.800. The molecule has 0 unspecified atom stereocenters. The van der Waals surface area contributed by atoms with Gasteiger partial charge in [0.1, 0.15) is 0 Å². The molecule has 0 radical (unpaired) electrons. The first-order valence-electron chi connectivity index (χ1n) is 6.52. The van der Waals surface area contributed by atoms with E-state index in [1.54, 1.807) is 0 Å². The van der Waals surface area contributed by atoms with Crippen molar-refractivity contribution in [2.24, 2.45) is 11.7 Å². The molecular weight excluding hydrogens is 224 g/mol. The Hall–Kier alpha value is -1.35. The van der Waals surface area contributed by atoms with E-state index in [2.05, 4.69) is 38.1 Å². The van der Waals surface area contributed by atoms with Crippen LogP contribution in [0.4, 0.5) is 0 Å². The maximum absolute atomic E-state index is 10.7. The molecule has 0 saturated heterocycles. The van der Waals surface area contributed by atoms with E-state index in [-0.39, 0.29) is 5.91 Å². The third-order valence-corrected chi connectivity index (χ3v) is 2.87. The van der Waals surface area contributed by atoms with Crippen molar-refractivity contribution in [2.75, 3.05) is 20.1 Å². The minimum Gasteiger partial charge on any atom is -0.369 e. The van der Waals surface area contributed by atoms with Crippen molar-refractivity contribution in [3.63, 3.8) is 0 Å². The Morgan fingerprint density at radius 3 is 2.28 bits per heavy atom. The van der Waals surface area contributed by atoms with Crippen LogP contribution in [0.1, 0.15) is 25.0 Å². The molecule has 0 spiro atoms. The summed E-state index contributed by atoms with van der Waals surface area (Å²) in [5, 5.41) is 0. The first-order chi connectivity index (χ1) is 8.47. The van der Waals surface area contributed by atoms with Gasteiger partial charge in [0.05, 0.1) is 6.54 Å². The van der Waals surface area contributed by atoms with Gasteiger partial charge in [-0.2, -0.15) is 0 Å². The number of carbonyl (C=O) groups excluding carboxylic acids is 1. The smallest absolute Gasteiger partial charge is 0.231 e. The third kappa shape index (κ3) is 5.82. The van der Waals surface area contributed by atoms with E-state index in [9.17, 15) is 4.79 Å². The zero-order valence-electron chi connectivity index (χ0n) is 11.6. The molecular formula is C15H24N2O. The standard InChI is InChI=1S/C15H24N2O/c1-12(2)10-14-6-4-13(5-7-14)8-9-17(3)11-15(16)18/h4-7,12H,8-11H2,1-3H3,(H2,16,18). The van der Waals surface area contributed by atoms with Gasteiger partial charge in [-0.1, -0.05) is 38.1 Å². The highest BCUT2D eigenvalue weighted by Crippen LogP contribution is 2.10. The second-order valence-electron chi connectivity index (χ2n) is 5.37. The number of rotatable bonds is 7. The molecule has 1 aromatic rings. The van der Waals surface area contributed by atoms with Crippen LogP contribution in [-0.4, -0.2) is 30.9 Å². The zero-order chi connectivity index (χ0) is 13.5. The first kappa shape index (κ1) is 14.7. The normalized spacial score (nSPS) is 11.2. The van der Waals surface area contributed by atoms with E-state index < -0.39 is 0 Å².